The molecular weight excluding hydrogens is 268 g/mol. The molecule has 0 bridgehead atoms. The normalized spacial score (nSPS) is 13.6. The molecule has 0 aliphatic heterocycles. The summed E-state index contributed by atoms with van der Waals surface area (Å²) in [6.45, 7) is 2.39. The van der Waals surface area contributed by atoms with Gasteiger partial charge in [-0.1, -0.05) is 13.0 Å². The zero-order valence-corrected chi connectivity index (χ0v) is 11.7. The fourth-order valence-electron chi connectivity index (χ4n) is 1.58. The summed E-state index contributed by atoms with van der Waals surface area (Å²) in [5.41, 5.74) is 2.87. The van der Waals surface area contributed by atoms with Crippen LogP contribution >= 0.6 is 0 Å². The average Bonchev–Trinajstić information content (AvgIpc) is 2.37. The molecule has 0 radical (unpaired) electrons. The van der Waals surface area contributed by atoms with Crippen LogP contribution in [0.2, 0.25) is 0 Å². The number of nitrogens with two attached hydrogens (primary N) is 1. The summed E-state index contributed by atoms with van der Waals surface area (Å²) in [5.74, 6) is 5.25. The molecule has 0 spiro atoms. The number of para-hydroxylation sites is 1. The van der Waals surface area contributed by atoms with Crippen molar-refractivity contribution in [2.45, 2.75) is 18.6 Å². The quantitative estimate of drug-likeness (QED) is 0.397. The average molecular weight is 286 g/mol. The maximum absolute atomic E-state index is 11.2. The van der Waals surface area contributed by atoms with Gasteiger partial charge in [-0.25, -0.2) is 0 Å². The van der Waals surface area contributed by atoms with Gasteiger partial charge in [0.15, 0.2) is 0 Å². The summed E-state index contributed by atoms with van der Waals surface area (Å²) >= 11 is 0. The summed E-state index contributed by atoms with van der Waals surface area (Å²) in [6.07, 6.45) is 2.31. The first-order valence-corrected chi connectivity index (χ1v) is 7.39. The fourth-order valence-corrected chi connectivity index (χ4v) is 2.03. The second-order valence-electron chi connectivity index (χ2n) is 4.13. The highest BCUT2D eigenvalue weighted by Gasteiger charge is 2.18. The summed E-state index contributed by atoms with van der Waals surface area (Å²) in [4.78, 5) is 10.5. The number of hydrogen-bond donors (Lipinski definition) is 3. The first-order chi connectivity index (χ1) is 8.97. The van der Waals surface area contributed by atoms with Crippen LogP contribution in [-0.4, -0.2) is 27.2 Å². The number of nitrogen functional groups attached to an aromatic ring is 1. The van der Waals surface area contributed by atoms with Crippen molar-refractivity contribution in [2.75, 3.05) is 23.5 Å². The summed E-state index contributed by atoms with van der Waals surface area (Å²) in [6, 6.07) is 4.82. The van der Waals surface area contributed by atoms with Gasteiger partial charge in [-0.2, -0.15) is 0 Å². The largest absolute Gasteiger partial charge is 0.379 e. The number of rotatable bonds is 7. The van der Waals surface area contributed by atoms with Crippen LogP contribution < -0.4 is 16.6 Å². The Balaban J connectivity index is 2.78. The third kappa shape index (κ3) is 4.18. The maximum atomic E-state index is 11.2. The van der Waals surface area contributed by atoms with E-state index in [1.54, 1.807) is 18.4 Å². The Morgan fingerprint density at radius 3 is 2.63 bits per heavy atom. The summed E-state index contributed by atoms with van der Waals surface area (Å²) in [5, 5.41) is 14.1. The standard InChI is InChI=1S/C11H18N4O3S/c1-8(19(2)18)6-7-13-9-4-3-5-10(14-12)11(9)15(16)17/h3-5,8,13-14H,6-7,12H2,1-2H3. The fraction of sp³-hybridized carbons (Fsp3) is 0.455. The highest BCUT2D eigenvalue weighted by atomic mass is 32.2. The van der Waals surface area contributed by atoms with Crippen LogP contribution in [0.1, 0.15) is 13.3 Å². The first kappa shape index (κ1) is 15.4. The molecule has 2 atom stereocenters. The van der Waals surface area contributed by atoms with Crippen molar-refractivity contribution in [1.82, 2.24) is 0 Å². The van der Waals surface area contributed by atoms with E-state index in [0.29, 0.717) is 18.7 Å². The molecule has 0 aromatic heterocycles. The van der Waals surface area contributed by atoms with Crippen molar-refractivity contribution < 1.29 is 9.13 Å². The molecule has 0 fully saturated rings. The van der Waals surface area contributed by atoms with Crippen LogP contribution in [0.25, 0.3) is 0 Å². The second kappa shape index (κ2) is 7.05. The molecule has 0 saturated carbocycles. The number of anilines is 2. The van der Waals surface area contributed by atoms with Crippen molar-refractivity contribution in [3.8, 4) is 0 Å². The minimum atomic E-state index is -0.895. The van der Waals surface area contributed by atoms with Gasteiger partial charge in [-0.3, -0.25) is 20.2 Å². The van der Waals surface area contributed by atoms with E-state index in [9.17, 15) is 14.3 Å². The van der Waals surface area contributed by atoms with E-state index in [4.69, 9.17) is 5.84 Å². The minimum Gasteiger partial charge on any atom is -0.379 e. The van der Waals surface area contributed by atoms with Crippen LogP contribution in [0, 0.1) is 10.1 Å². The molecular formula is C11H18N4O3S. The Morgan fingerprint density at radius 2 is 2.11 bits per heavy atom. The van der Waals surface area contributed by atoms with E-state index in [1.807, 2.05) is 6.92 Å². The van der Waals surface area contributed by atoms with Crippen molar-refractivity contribution in [1.29, 1.82) is 0 Å². The van der Waals surface area contributed by atoms with E-state index >= 15 is 0 Å². The molecule has 1 aromatic carbocycles. The van der Waals surface area contributed by atoms with Crippen molar-refractivity contribution >= 4 is 27.9 Å². The monoisotopic (exact) mass is 286 g/mol. The minimum absolute atomic E-state index is 0.0439. The lowest BCUT2D eigenvalue weighted by Crippen LogP contribution is -2.16. The van der Waals surface area contributed by atoms with E-state index in [1.165, 1.54) is 6.07 Å². The highest BCUT2D eigenvalue weighted by molar-refractivity contribution is 7.84. The van der Waals surface area contributed by atoms with Crippen LogP contribution in [0.15, 0.2) is 18.2 Å². The topological polar surface area (TPSA) is 110 Å². The zero-order valence-electron chi connectivity index (χ0n) is 10.9. The van der Waals surface area contributed by atoms with Gasteiger partial charge in [-0.05, 0) is 18.6 Å². The molecule has 1 rings (SSSR count). The Kier molecular flexibility index (Phi) is 5.71. The molecule has 0 heterocycles. The molecule has 8 heteroatoms. The van der Waals surface area contributed by atoms with Crippen molar-refractivity contribution in [3.05, 3.63) is 28.3 Å². The predicted molar refractivity (Wildman–Crippen MR) is 77.5 cm³/mol. The van der Waals surface area contributed by atoms with Gasteiger partial charge < -0.3 is 10.7 Å². The Morgan fingerprint density at radius 1 is 1.47 bits per heavy atom. The smallest absolute Gasteiger partial charge is 0.316 e. The van der Waals surface area contributed by atoms with Gasteiger partial charge in [0, 0.05) is 28.9 Å². The maximum Gasteiger partial charge on any atom is 0.316 e. The van der Waals surface area contributed by atoms with Gasteiger partial charge in [-0.15, -0.1) is 0 Å². The summed E-state index contributed by atoms with van der Waals surface area (Å²) < 4.78 is 11.2. The number of nitrogens with one attached hydrogen (secondary N) is 2. The number of nitro benzene ring substituents is 1. The van der Waals surface area contributed by atoms with Gasteiger partial charge in [0.1, 0.15) is 11.4 Å². The molecule has 0 amide bonds. The van der Waals surface area contributed by atoms with Gasteiger partial charge in [0.05, 0.1) is 4.92 Å². The third-order valence-electron chi connectivity index (χ3n) is 2.81. The van der Waals surface area contributed by atoms with Crippen LogP contribution in [0.4, 0.5) is 17.1 Å². The highest BCUT2D eigenvalue weighted by Crippen LogP contribution is 2.32. The van der Waals surface area contributed by atoms with E-state index in [0.717, 1.165) is 0 Å². The second-order valence-corrected chi connectivity index (χ2v) is 5.93. The van der Waals surface area contributed by atoms with Crippen LogP contribution in [0.5, 0.6) is 0 Å². The predicted octanol–water partition coefficient (Wildman–Crippen LogP) is 1.45. The van der Waals surface area contributed by atoms with E-state index in [-0.39, 0.29) is 16.6 Å². The number of nitrogens with zero attached hydrogens (tertiary/aromatic N) is 1. The lowest BCUT2D eigenvalue weighted by Gasteiger charge is -2.12. The van der Waals surface area contributed by atoms with Gasteiger partial charge >= 0.3 is 5.69 Å². The molecule has 1 aromatic rings. The SMILES string of the molecule is CC(CCNc1cccc(NN)c1[N+](=O)[O-])S(C)=O. The lowest BCUT2D eigenvalue weighted by atomic mass is 10.2. The first-order valence-electron chi connectivity index (χ1n) is 5.77. The molecule has 0 aliphatic carbocycles. The Labute approximate surface area is 114 Å². The number of hydrogen-bond acceptors (Lipinski definition) is 6. The van der Waals surface area contributed by atoms with Crippen molar-refractivity contribution in [2.24, 2.45) is 5.84 Å². The Bertz CT molecular complexity index is 481. The van der Waals surface area contributed by atoms with Gasteiger partial charge in [0.2, 0.25) is 0 Å². The number of nitro groups is 1. The molecule has 0 saturated heterocycles. The summed E-state index contributed by atoms with van der Waals surface area (Å²) in [7, 11) is -0.895. The number of hydrazine groups is 1. The molecule has 106 valence electrons. The third-order valence-corrected chi connectivity index (χ3v) is 4.18. The van der Waals surface area contributed by atoms with E-state index < -0.39 is 15.7 Å². The molecule has 0 aliphatic rings. The van der Waals surface area contributed by atoms with Crippen molar-refractivity contribution in [3.63, 3.8) is 0 Å². The van der Waals surface area contributed by atoms with Crippen LogP contribution in [-0.2, 0) is 10.8 Å². The van der Waals surface area contributed by atoms with Gasteiger partial charge in [0.25, 0.3) is 0 Å². The molecule has 7 nitrogen and oxygen atoms in total. The van der Waals surface area contributed by atoms with E-state index in [2.05, 4.69) is 10.7 Å². The Hall–Kier alpha value is -1.67. The zero-order chi connectivity index (χ0) is 14.4. The lowest BCUT2D eigenvalue weighted by molar-refractivity contribution is -0.383. The van der Waals surface area contributed by atoms with Crippen LogP contribution in [0.3, 0.4) is 0 Å². The molecule has 4 N–H and O–H groups in total. The molecule has 19 heavy (non-hydrogen) atoms. The molecule has 2 unspecified atom stereocenters. The number of benzene rings is 1.